The Hall–Kier alpha value is -3.46. The van der Waals surface area contributed by atoms with E-state index in [0.717, 1.165) is 29.9 Å². The van der Waals surface area contributed by atoms with Crippen LogP contribution in [-0.4, -0.2) is 63.6 Å². The maximum absolute atomic E-state index is 14.3. The summed E-state index contributed by atoms with van der Waals surface area (Å²) in [7, 11) is 0. The van der Waals surface area contributed by atoms with E-state index in [2.05, 4.69) is 23.8 Å². The number of hydrogen-bond acceptors (Lipinski definition) is 5. The van der Waals surface area contributed by atoms with Gasteiger partial charge in [0.1, 0.15) is 11.6 Å². The second-order valence-corrected chi connectivity index (χ2v) is 10.0. The number of aromatic nitrogens is 2. The first-order chi connectivity index (χ1) is 17.6. The van der Waals surface area contributed by atoms with Gasteiger partial charge in [0.05, 0.1) is 17.9 Å². The van der Waals surface area contributed by atoms with Crippen LogP contribution in [0.5, 0.6) is 0 Å². The molecule has 0 unspecified atom stereocenters. The monoisotopic (exact) mass is 509 g/mol. The summed E-state index contributed by atoms with van der Waals surface area (Å²) in [6.45, 7) is 12.7. The molecule has 198 valence electrons. The molecule has 37 heavy (non-hydrogen) atoms. The van der Waals surface area contributed by atoms with E-state index < -0.39 is 5.82 Å². The van der Waals surface area contributed by atoms with Crippen LogP contribution in [0.15, 0.2) is 40.8 Å². The van der Waals surface area contributed by atoms with Crippen molar-refractivity contribution in [3.05, 3.63) is 70.7 Å². The number of furan rings is 1. The van der Waals surface area contributed by atoms with Crippen LogP contribution in [0.25, 0.3) is 0 Å². The predicted molar refractivity (Wildman–Crippen MR) is 140 cm³/mol. The Kier molecular flexibility index (Phi) is 8.12. The largest absolute Gasteiger partial charge is 0.454 e. The number of nitrogens with zero attached hydrogens (tertiary/aromatic N) is 5. The zero-order chi connectivity index (χ0) is 26.7. The highest BCUT2D eigenvalue weighted by Crippen LogP contribution is 2.26. The highest BCUT2D eigenvalue weighted by molar-refractivity contribution is 5.93. The van der Waals surface area contributed by atoms with E-state index >= 15 is 0 Å². The number of rotatable bonds is 4. The number of anilines is 1. The Morgan fingerprint density at radius 3 is 2.51 bits per heavy atom. The van der Waals surface area contributed by atoms with Crippen LogP contribution in [0, 0.1) is 19.7 Å². The van der Waals surface area contributed by atoms with Crippen molar-refractivity contribution in [1.82, 2.24) is 19.6 Å². The highest BCUT2D eigenvalue weighted by atomic mass is 19.1. The van der Waals surface area contributed by atoms with Crippen molar-refractivity contribution in [2.45, 2.75) is 60.2 Å². The minimum atomic E-state index is -0.415. The first-order valence-electron chi connectivity index (χ1n) is 12.8. The number of aryl methyl sites for hydroxylation is 2. The van der Waals surface area contributed by atoms with Gasteiger partial charge in [0.25, 0.3) is 5.91 Å². The van der Waals surface area contributed by atoms with Crippen molar-refractivity contribution in [3.8, 4) is 0 Å². The zero-order valence-corrected chi connectivity index (χ0v) is 22.3. The molecule has 0 bridgehead atoms. The summed E-state index contributed by atoms with van der Waals surface area (Å²) in [6, 6.07) is 10.2. The standard InChI is InChI=1S/C28H36FN5O3/c1-19(2)31-11-6-12-33(22(5)35)26-16-24(29)8-7-23(26)17-32(14-13-31)28(36)27-10-9-25(37-27)18-34-21(4)15-20(3)30-34/h7-10,15-16,19H,6,11-14,17-18H2,1-5H3. The average Bonchev–Trinajstić information content (AvgIpc) is 3.42. The van der Waals surface area contributed by atoms with Crippen molar-refractivity contribution < 1.29 is 18.4 Å². The fourth-order valence-electron chi connectivity index (χ4n) is 4.85. The van der Waals surface area contributed by atoms with Crippen molar-refractivity contribution in [2.75, 3.05) is 31.1 Å². The third-order valence-electron chi connectivity index (χ3n) is 6.86. The van der Waals surface area contributed by atoms with E-state index in [9.17, 15) is 14.0 Å². The van der Waals surface area contributed by atoms with Gasteiger partial charge in [-0.05, 0) is 70.0 Å². The lowest BCUT2D eigenvalue weighted by Gasteiger charge is -2.29. The number of benzene rings is 1. The van der Waals surface area contributed by atoms with Crippen molar-refractivity contribution >= 4 is 17.5 Å². The molecule has 2 amide bonds. The number of amides is 2. The molecule has 0 N–H and O–H groups in total. The van der Waals surface area contributed by atoms with Gasteiger partial charge in [-0.15, -0.1) is 0 Å². The Morgan fingerprint density at radius 2 is 1.84 bits per heavy atom. The number of halogens is 1. The molecule has 0 spiro atoms. The Balaban J connectivity index is 1.64. The Labute approximate surface area is 217 Å². The van der Waals surface area contributed by atoms with Crippen LogP contribution in [0.4, 0.5) is 10.1 Å². The molecule has 0 saturated heterocycles. The van der Waals surface area contributed by atoms with Crippen molar-refractivity contribution in [2.24, 2.45) is 0 Å². The van der Waals surface area contributed by atoms with Gasteiger partial charge in [-0.3, -0.25) is 19.2 Å². The first-order valence-corrected chi connectivity index (χ1v) is 12.8. The van der Waals surface area contributed by atoms with Gasteiger partial charge in [-0.25, -0.2) is 4.39 Å². The van der Waals surface area contributed by atoms with Gasteiger partial charge in [-0.1, -0.05) is 6.07 Å². The number of hydrogen-bond donors (Lipinski definition) is 0. The highest BCUT2D eigenvalue weighted by Gasteiger charge is 2.25. The van der Waals surface area contributed by atoms with Crippen molar-refractivity contribution in [3.63, 3.8) is 0 Å². The van der Waals surface area contributed by atoms with E-state index in [4.69, 9.17) is 4.42 Å². The summed E-state index contributed by atoms with van der Waals surface area (Å²) in [5.41, 5.74) is 3.17. The maximum atomic E-state index is 14.3. The van der Waals surface area contributed by atoms with Gasteiger partial charge in [0.15, 0.2) is 5.76 Å². The molecule has 0 radical (unpaired) electrons. The molecular weight excluding hydrogens is 473 g/mol. The lowest BCUT2D eigenvalue weighted by molar-refractivity contribution is -0.116. The molecule has 9 heteroatoms. The van der Waals surface area contributed by atoms with Crippen molar-refractivity contribution in [1.29, 1.82) is 0 Å². The zero-order valence-electron chi connectivity index (χ0n) is 22.3. The third kappa shape index (κ3) is 6.28. The molecule has 0 fully saturated rings. The summed E-state index contributed by atoms with van der Waals surface area (Å²) >= 11 is 0. The molecule has 4 rings (SSSR count). The molecule has 0 aliphatic carbocycles. The number of carbonyl (C=O) groups is 2. The lowest BCUT2D eigenvalue weighted by atomic mass is 10.1. The number of fused-ring (bicyclic) bond motifs is 1. The van der Waals surface area contributed by atoms with Gasteiger partial charge in [-0.2, -0.15) is 5.10 Å². The number of carbonyl (C=O) groups excluding carboxylic acids is 2. The molecule has 0 atom stereocenters. The van der Waals surface area contributed by atoms with E-state index in [1.807, 2.05) is 24.6 Å². The van der Waals surface area contributed by atoms with E-state index in [0.29, 0.717) is 37.6 Å². The van der Waals surface area contributed by atoms with Crippen LogP contribution in [0.1, 0.15) is 60.5 Å². The second kappa shape index (κ2) is 11.3. The maximum Gasteiger partial charge on any atom is 0.289 e. The van der Waals surface area contributed by atoms with E-state index in [1.165, 1.54) is 19.1 Å². The molecule has 0 saturated carbocycles. The quantitative estimate of drug-likeness (QED) is 0.522. The molecule has 8 nitrogen and oxygen atoms in total. The molecule has 1 aliphatic rings. The topological polar surface area (TPSA) is 74.8 Å². The summed E-state index contributed by atoms with van der Waals surface area (Å²) in [6.07, 6.45) is 0.746. The third-order valence-corrected chi connectivity index (χ3v) is 6.86. The normalized spacial score (nSPS) is 15.5. The van der Waals surface area contributed by atoms with Crippen LogP contribution >= 0.6 is 0 Å². The van der Waals surface area contributed by atoms with Crippen LogP contribution < -0.4 is 4.90 Å². The van der Waals surface area contributed by atoms with Gasteiger partial charge >= 0.3 is 0 Å². The summed E-state index contributed by atoms with van der Waals surface area (Å²) in [5.74, 6) is 0.0736. The molecule has 3 heterocycles. The van der Waals surface area contributed by atoms with Crippen LogP contribution in [0.2, 0.25) is 0 Å². The van der Waals surface area contributed by atoms with Gasteiger partial charge < -0.3 is 14.2 Å². The smallest absolute Gasteiger partial charge is 0.289 e. The van der Waals surface area contributed by atoms with Crippen LogP contribution in [0.3, 0.4) is 0 Å². The van der Waals surface area contributed by atoms with Crippen LogP contribution in [-0.2, 0) is 17.9 Å². The molecular formula is C28H36FN5O3. The second-order valence-electron chi connectivity index (χ2n) is 10.0. The van der Waals surface area contributed by atoms with E-state index in [-0.39, 0.29) is 30.2 Å². The minimum Gasteiger partial charge on any atom is -0.454 e. The molecule has 2 aromatic heterocycles. The fourth-order valence-corrected chi connectivity index (χ4v) is 4.85. The van der Waals surface area contributed by atoms with Gasteiger partial charge in [0, 0.05) is 51.4 Å². The predicted octanol–water partition coefficient (Wildman–Crippen LogP) is 4.39. The summed E-state index contributed by atoms with van der Waals surface area (Å²) < 4.78 is 22.1. The fraction of sp³-hybridized carbons (Fsp3) is 0.464. The summed E-state index contributed by atoms with van der Waals surface area (Å²) in [5, 5.41) is 4.47. The molecule has 1 aliphatic heterocycles. The minimum absolute atomic E-state index is 0.153. The SMILES string of the molecule is CC(=O)N1CCCN(C(C)C)CCN(C(=O)c2ccc(Cn3nc(C)cc3C)o2)Cc2ccc(F)cc21. The Bertz CT molecular complexity index is 1260. The molecule has 3 aromatic rings. The Morgan fingerprint density at radius 1 is 1.05 bits per heavy atom. The van der Waals surface area contributed by atoms with E-state index in [1.54, 1.807) is 28.0 Å². The molecule has 1 aromatic carbocycles. The lowest BCUT2D eigenvalue weighted by Crippen LogP contribution is -2.41. The van der Waals surface area contributed by atoms with Gasteiger partial charge in [0.2, 0.25) is 5.91 Å². The average molecular weight is 510 g/mol. The first kappa shape index (κ1) is 26.6. The summed E-state index contributed by atoms with van der Waals surface area (Å²) in [4.78, 5) is 31.9.